The van der Waals surface area contributed by atoms with Crippen molar-refractivity contribution in [2.45, 2.75) is 25.6 Å². The van der Waals surface area contributed by atoms with E-state index in [-0.39, 0.29) is 12.0 Å². The van der Waals surface area contributed by atoms with Crippen LogP contribution < -0.4 is 11.3 Å². The highest BCUT2D eigenvalue weighted by Crippen LogP contribution is 2.34. The van der Waals surface area contributed by atoms with Gasteiger partial charge >= 0.3 is 6.18 Å². The van der Waals surface area contributed by atoms with E-state index in [1.54, 1.807) is 6.92 Å². The first-order chi connectivity index (χ1) is 8.27. The van der Waals surface area contributed by atoms with Gasteiger partial charge in [-0.3, -0.25) is 11.3 Å². The molecule has 0 aliphatic rings. The first-order valence-corrected chi connectivity index (χ1v) is 5.23. The van der Waals surface area contributed by atoms with E-state index in [4.69, 9.17) is 5.84 Å². The summed E-state index contributed by atoms with van der Waals surface area (Å²) in [5, 5.41) is 0. The van der Waals surface area contributed by atoms with Crippen molar-refractivity contribution in [1.82, 2.24) is 5.43 Å². The molecule has 1 aromatic carbocycles. The molecule has 0 heterocycles. The number of nitrogens with two attached hydrogens (primary N) is 1. The number of benzene rings is 1. The van der Waals surface area contributed by atoms with E-state index in [1.165, 1.54) is 6.07 Å². The molecular formula is C12H14F4N2. The molecule has 0 radical (unpaired) electrons. The molecule has 1 rings (SSSR count). The van der Waals surface area contributed by atoms with Crippen molar-refractivity contribution in [3.63, 3.8) is 0 Å². The fraction of sp³-hybridized carbons (Fsp3) is 0.333. The number of halogens is 4. The molecule has 1 atom stereocenters. The Morgan fingerprint density at radius 2 is 2.06 bits per heavy atom. The van der Waals surface area contributed by atoms with E-state index in [2.05, 4.69) is 12.0 Å². The van der Waals surface area contributed by atoms with Crippen LogP contribution in [-0.4, -0.2) is 0 Å². The topological polar surface area (TPSA) is 38.0 Å². The van der Waals surface area contributed by atoms with E-state index >= 15 is 0 Å². The summed E-state index contributed by atoms with van der Waals surface area (Å²) in [6, 6.07) is 2.40. The second-order valence-electron chi connectivity index (χ2n) is 4.09. The minimum absolute atomic E-state index is 0.115. The van der Waals surface area contributed by atoms with Crippen molar-refractivity contribution in [1.29, 1.82) is 0 Å². The summed E-state index contributed by atoms with van der Waals surface area (Å²) in [7, 11) is 0. The summed E-state index contributed by atoms with van der Waals surface area (Å²) in [4.78, 5) is 0. The standard InChI is InChI=1S/C12H14F4N2/c1-7(2)6-10(18-17)8-4-3-5-9(11(8)13)12(14,15)16/h3-5,10,18H,1,6,17H2,2H3. The van der Waals surface area contributed by atoms with Gasteiger partial charge in [0.2, 0.25) is 0 Å². The quantitative estimate of drug-likeness (QED) is 0.378. The Labute approximate surface area is 102 Å². The average Bonchev–Trinajstić information content (AvgIpc) is 2.24. The highest BCUT2D eigenvalue weighted by atomic mass is 19.4. The normalized spacial score (nSPS) is 13.4. The van der Waals surface area contributed by atoms with Crippen LogP contribution in [0.25, 0.3) is 0 Å². The largest absolute Gasteiger partial charge is 0.419 e. The van der Waals surface area contributed by atoms with Crippen LogP contribution in [0.15, 0.2) is 30.4 Å². The van der Waals surface area contributed by atoms with E-state index in [0.29, 0.717) is 11.6 Å². The summed E-state index contributed by atoms with van der Waals surface area (Å²) in [6.07, 6.45) is -4.46. The molecule has 3 N–H and O–H groups in total. The first kappa shape index (κ1) is 14.7. The van der Waals surface area contributed by atoms with Crippen LogP contribution in [-0.2, 0) is 6.18 Å². The number of alkyl halides is 3. The minimum atomic E-state index is -4.72. The zero-order valence-corrected chi connectivity index (χ0v) is 9.81. The van der Waals surface area contributed by atoms with Crippen LogP contribution >= 0.6 is 0 Å². The zero-order chi connectivity index (χ0) is 13.9. The molecular weight excluding hydrogens is 248 g/mol. The van der Waals surface area contributed by atoms with Crippen LogP contribution in [0.4, 0.5) is 17.6 Å². The molecule has 2 nitrogen and oxygen atoms in total. The maximum atomic E-state index is 13.8. The van der Waals surface area contributed by atoms with Gasteiger partial charge in [-0.2, -0.15) is 13.2 Å². The number of hydrazine groups is 1. The SMILES string of the molecule is C=C(C)CC(NN)c1cccc(C(F)(F)F)c1F. The van der Waals surface area contributed by atoms with Gasteiger partial charge in [0.15, 0.2) is 0 Å². The second kappa shape index (κ2) is 5.49. The van der Waals surface area contributed by atoms with Crippen LogP contribution in [0.1, 0.15) is 30.5 Å². The third-order valence-corrected chi connectivity index (χ3v) is 2.46. The van der Waals surface area contributed by atoms with E-state index < -0.39 is 23.6 Å². The molecule has 6 heteroatoms. The van der Waals surface area contributed by atoms with Gasteiger partial charge in [-0.25, -0.2) is 4.39 Å². The second-order valence-corrected chi connectivity index (χ2v) is 4.09. The van der Waals surface area contributed by atoms with Gasteiger partial charge in [0.1, 0.15) is 5.82 Å². The Bertz CT molecular complexity index is 440. The molecule has 0 aromatic heterocycles. The van der Waals surface area contributed by atoms with Crippen molar-refractivity contribution in [2.75, 3.05) is 0 Å². The molecule has 0 aliphatic heterocycles. The highest BCUT2D eigenvalue weighted by molar-refractivity contribution is 5.31. The number of hydrogen-bond acceptors (Lipinski definition) is 2. The molecule has 0 bridgehead atoms. The average molecular weight is 262 g/mol. The van der Waals surface area contributed by atoms with Gasteiger partial charge < -0.3 is 0 Å². The van der Waals surface area contributed by atoms with Crippen molar-refractivity contribution < 1.29 is 17.6 Å². The lowest BCUT2D eigenvalue weighted by Gasteiger charge is -2.19. The van der Waals surface area contributed by atoms with Gasteiger partial charge in [-0.1, -0.05) is 17.7 Å². The zero-order valence-electron chi connectivity index (χ0n) is 9.81. The van der Waals surface area contributed by atoms with Crippen LogP contribution in [0, 0.1) is 5.82 Å². The van der Waals surface area contributed by atoms with Crippen molar-refractivity contribution in [2.24, 2.45) is 5.84 Å². The van der Waals surface area contributed by atoms with Gasteiger partial charge in [-0.15, -0.1) is 6.58 Å². The third-order valence-electron chi connectivity index (χ3n) is 2.46. The third kappa shape index (κ3) is 3.30. The van der Waals surface area contributed by atoms with E-state index in [1.807, 2.05) is 0 Å². The van der Waals surface area contributed by atoms with Crippen molar-refractivity contribution in [3.8, 4) is 0 Å². The fourth-order valence-corrected chi connectivity index (χ4v) is 1.65. The predicted molar refractivity (Wildman–Crippen MR) is 60.9 cm³/mol. The number of rotatable bonds is 4. The summed E-state index contributed by atoms with van der Waals surface area (Å²) >= 11 is 0. The number of nitrogens with one attached hydrogen (secondary N) is 1. The van der Waals surface area contributed by atoms with Crippen LogP contribution in [0.3, 0.4) is 0 Å². The Balaban J connectivity index is 3.20. The first-order valence-electron chi connectivity index (χ1n) is 5.23. The predicted octanol–water partition coefficient (Wildman–Crippen LogP) is 3.32. The molecule has 1 unspecified atom stereocenters. The van der Waals surface area contributed by atoms with E-state index in [9.17, 15) is 17.6 Å². The molecule has 0 saturated carbocycles. The minimum Gasteiger partial charge on any atom is -0.271 e. The summed E-state index contributed by atoms with van der Waals surface area (Å²) in [5.74, 6) is 3.95. The maximum Gasteiger partial charge on any atom is 0.419 e. The van der Waals surface area contributed by atoms with Crippen LogP contribution in [0.2, 0.25) is 0 Å². The van der Waals surface area contributed by atoms with Gasteiger partial charge in [0, 0.05) is 5.56 Å². The Morgan fingerprint density at radius 1 is 1.44 bits per heavy atom. The van der Waals surface area contributed by atoms with E-state index in [0.717, 1.165) is 6.07 Å². The molecule has 0 saturated heterocycles. The summed E-state index contributed by atoms with van der Waals surface area (Å²) < 4.78 is 51.5. The summed E-state index contributed by atoms with van der Waals surface area (Å²) in [5.41, 5.74) is 1.59. The monoisotopic (exact) mass is 262 g/mol. The molecule has 1 aromatic rings. The van der Waals surface area contributed by atoms with Crippen molar-refractivity contribution in [3.05, 3.63) is 47.3 Å². The molecule has 0 aliphatic carbocycles. The molecule has 0 fully saturated rings. The van der Waals surface area contributed by atoms with Gasteiger partial charge in [0.05, 0.1) is 11.6 Å². The Hall–Kier alpha value is -1.40. The Kier molecular flexibility index (Phi) is 4.48. The fourth-order valence-electron chi connectivity index (χ4n) is 1.65. The van der Waals surface area contributed by atoms with Crippen LogP contribution in [0.5, 0.6) is 0 Å². The Morgan fingerprint density at radius 3 is 2.50 bits per heavy atom. The molecule has 100 valence electrons. The smallest absolute Gasteiger partial charge is 0.271 e. The van der Waals surface area contributed by atoms with Crippen molar-refractivity contribution >= 4 is 0 Å². The lowest BCUT2D eigenvalue weighted by Crippen LogP contribution is -2.29. The molecule has 0 amide bonds. The summed E-state index contributed by atoms with van der Waals surface area (Å²) in [6.45, 7) is 5.32. The van der Waals surface area contributed by atoms with Gasteiger partial charge in [-0.05, 0) is 19.4 Å². The maximum absolute atomic E-state index is 13.8. The number of hydrogen-bond donors (Lipinski definition) is 2. The lowest BCUT2D eigenvalue weighted by molar-refractivity contribution is -0.140. The molecule has 0 spiro atoms. The lowest BCUT2D eigenvalue weighted by atomic mass is 9.98. The highest BCUT2D eigenvalue weighted by Gasteiger charge is 2.35. The van der Waals surface area contributed by atoms with Gasteiger partial charge in [0.25, 0.3) is 0 Å². The molecule has 18 heavy (non-hydrogen) atoms.